The van der Waals surface area contributed by atoms with Crippen molar-refractivity contribution in [3.05, 3.63) is 83.9 Å². The summed E-state index contributed by atoms with van der Waals surface area (Å²) in [7, 11) is 1.49. The SMILES string of the molecule is COc1ccc(C)cc1NC(=O)Nc1c(-c2ccccc2)nn(-c2ccc(C(F)(F)F)cc2)c1N. The summed E-state index contributed by atoms with van der Waals surface area (Å²) in [4.78, 5) is 12.9. The Balaban J connectivity index is 1.71. The number of aromatic nitrogens is 2. The Hall–Kier alpha value is -4.47. The number of hydrogen-bond donors (Lipinski definition) is 3. The van der Waals surface area contributed by atoms with Gasteiger partial charge in [-0.1, -0.05) is 36.4 Å². The number of carbonyl (C=O) groups is 1. The van der Waals surface area contributed by atoms with E-state index in [-0.39, 0.29) is 11.5 Å². The summed E-state index contributed by atoms with van der Waals surface area (Å²) in [6, 6.07) is 18.2. The highest BCUT2D eigenvalue weighted by Crippen LogP contribution is 2.35. The van der Waals surface area contributed by atoms with Gasteiger partial charge >= 0.3 is 12.2 Å². The number of hydrogen-bond acceptors (Lipinski definition) is 4. The van der Waals surface area contributed by atoms with Gasteiger partial charge in [-0.05, 0) is 48.9 Å². The molecule has 35 heavy (non-hydrogen) atoms. The van der Waals surface area contributed by atoms with Crippen LogP contribution in [0.3, 0.4) is 0 Å². The van der Waals surface area contributed by atoms with E-state index in [0.717, 1.165) is 17.7 Å². The van der Waals surface area contributed by atoms with Crippen LogP contribution >= 0.6 is 0 Å². The molecule has 4 rings (SSSR count). The topological polar surface area (TPSA) is 94.2 Å². The summed E-state index contributed by atoms with van der Waals surface area (Å²) in [5.74, 6) is 0.525. The van der Waals surface area contributed by atoms with Gasteiger partial charge in [0.25, 0.3) is 0 Å². The number of amides is 2. The number of benzene rings is 3. The van der Waals surface area contributed by atoms with Crippen LogP contribution in [0.5, 0.6) is 5.75 Å². The van der Waals surface area contributed by atoms with E-state index in [1.54, 1.807) is 36.4 Å². The molecule has 180 valence electrons. The molecule has 2 amide bonds. The molecule has 0 atom stereocenters. The van der Waals surface area contributed by atoms with E-state index < -0.39 is 17.8 Å². The smallest absolute Gasteiger partial charge is 0.416 e. The zero-order valence-corrected chi connectivity index (χ0v) is 18.9. The van der Waals surface area contributed by atoms with Gasteiger partial charge in [0, 0.05) is 5.56 Å². The molecular formula is C25H22F3N5O2. The molecule has 0 fully saturated rings. The fourth-order valence-electron chi connectivity index (χ4n) is 3.53. The molecule has 0 unspecified atom stereocenters. The minimum atomic E-state index is -4.47. The number of anilines is 3. The number of urea groups is 1. The molecule has 0 aliphatic heterocycles. The van der Waals surface area contributed by atoms with Gasteiger partial charge in [0.2, 0.25) is 0 Å². The molecule has 0 bridgehead atoms. The van der Waals surface area contributed by atoms with Crippen LogP contribution in [0.25, 0.3) is 16.9 Å². The van der Waals surface area contributed by atoms with Gasteiger partial charge in [-0.2, -0.15) is 18.3 Å². The largest absolute Gasteiger partial charge is 0.495 e. The van der Waals surface area contributed by atoms with Crippen molar-refractivity contribution < 1.29 is 22.7 Å². The van der Waals surface area contributed by atoms with Crippen molar-refractivity contribution in [1.82, 2.24) is 9.78 Å². The highest BCUT2D eigenvalue weighted by atomic mass is 19.4. The third-order valence-corrected chi connectivity index (χ3v) is 5.25. The quantitative estimate of drug-likeness (QED) is 0.321. The van der Waals surface area contributed by atoms with E-state index >= 15 is 0 Å². The van der Waals surface area contributed by atoms with Crippen molar-refractivity contribution in [3.63, 3.8) is 0 Å². The third kappa shape index (κ3) is 5.06. The number of nitrogens with two attached hydrogens (primary N) is 1. The van der Waals surface area contributed by atoms with Gasteiger partial charge < -0.3 is 21.1 Å². The second kappa shape index (κ2) is 9.41. The van der Waals surface area contributed by atoms with Crippen LogP contribution in [0, 0.1) is 6.92 Å². The summed E-state index contributed by atoms with van der Waals surface area (Å²) in [5.41, 5.74) is 8.45. The Morgan fingerprint density at radius 2 is 1.69 bits per heavy atom. The first kappa shape index (κ1) is 23.7. The van der Waals surface area contributed by atoms with Crippen LogP contribution in [0.1, 0.15) is 11.1 Å². The molecule has 4 aromatic rings. The summed E-state index contributed by atoms with van der Waals surface area (Å²) < 4.78 is 45.5. The Morgan fingerprint density at radius 1 is 1.00 bits per heavy atom. The number of nitrogens with one attached hydrogen (secondary N) is 2. The lowest BCUT2D eigenvalue weighted by atomic mass is 10.1. The number of ether oxygens (including phenoxy) is 1. The fourth-order valence-corrected chi connectivity index (χ4v) is 3.53. The van der Waals surface area contributed by atoms with Crippen molar-refractivity contribution in [1.29, 1.82) is 0 Å². The maximum atomic E-state index is 13.0. The first-order valence-electron chi connectivity index (χ1n) is 10.5. The van der Waals surface area contributed by atoms with Crippen LogP contribution in [0.4, 0.5) is 35.2 Å². The monoisotopic (exact) mass is 481 g/mol. The standard InChI is InChI=1S/C25H22F3N5O2/c1-15-8-13-20(35-2)19(14-15)30-24(34)31-22-21(16-6-4-3-5-7-16)32-33(23(22)29)18-11-9-17(10-12-18)25(26,27)28/h3-14H,29H2,1-2H3,(H2,30,31,34). The van der Waals surface area contributed by atoms with Crippen molar-refractivity contribution in [2.45, 2.75) is 13.1 Å². The molecule has 10 heteroatoms. The maximum Gasteiger partial charge on any atom is 0.416 e. The van der Waals surface area contributed by atoms with E-state index in [2.05, 4.69) is 15.7 Å². The normalized spacial score (nSPS) is 11.2. The van der Waals surface area contributed by atoms with Gasteiger partial charge in [-0.25, -0.2) is 9.48 Å². The summed E-state index contributed by atoms with van der Waals surface area (Å²) in [6.45, 7) is 1.88. The van der Waals surface area contributed by atoms with Crippen LogP contribution in [0.2, 0.25) is 0 Å². The highest BCUT2D eigenvalue weighted by molar-refractivity contribution is 6.05. The number of alkyl halides is 3. The van der Waals surface area contributed by atoms with E-state index in [4.69, 9.17) is 10.5 Å². The summed E-state index contributed by atoms with van der Waals surface area (Å²) >= 11 is 0. The molecule has 0 saturated carbocycles. The van der Waals surface area contributed by atoms with Crippen LogP contribution in [0.15, 0.2) is 72.8 Å². The molecule has 0 saturated heterocycles. The average Bonchev–Trinajstić information content (AvgIpc) is 3.15. The number of aryl methyl sites for hydroxylation is 1. The molecular weight excluding hydrogens is 459 g/mol. The molecule has 0 spiro atoms. The van der Waals surface area contributed by atoms with Crippen molar-refractivity contribution in [2.24, 2.45) is 0 Å². The van der Waals surface area contributed by atoms with Crippen molar-refractivity contribution in [3.8, 4) is 22.7 Å². The molecule has 1 heterocycles. The molecule has 7 nitrogen and oxygen atoms in total. The number of methoxy groups -OCH3 is 1. The van der Waals surface area contributed by atoms with E-state index in [1.807, 2.05) is 19.1 Å². The Bertz CT molecular complexity index is 1350. The Kier molecular flexibility index (Phi) is 6.37. The van der Waals surface area contributed by atoms with Crippen LogP contribution in [-0.4, -0.2) is 22.9 Å². The van der Waals surface area contributed by atoms with E-state index in [0.29, 0.717) is 28.4 Å². The van der Waals surface area contributed by atoms with E-state index in [1.165, 1.54) is 23.9 Å². The lowest BCUT2D eigenvalue weighted by Crippen LogP contribution is -2.21. The minimum Gasteiger partial charge on any atom is -0.495 e. The molecule has 3 aromatic carbocycles. The summed E-state index contributed by atoms with van der Waals surface area (Å²) in [5, 5.41) is 9.96. The van der Waals surface area contributed by atoms with Crippen LogP contribution < -0.4 is 21.1 Å². The molecule has 0 radical (unpaired) electrons. The Labute approximate surface area is 199 Å². The van der Waals surface area contributed by atoms with Gasteiger partial charge in [0.1, 0.15) is 17.1 Å². The number of halogens is 3. The second-order valence-electron chi connectivity index (χ2n) is 7.71. The maximum absolute atomic E-state index is 13.0. The lowest BCUT2D eigenvalue weighted by Gasteiger charge is -2.12. The van der Waals surface area contributed by atoms with Gasteiger partial charge in [-0.3, -0.25) is 0 Å². The minimum absolute atomic E-state index is 0.0509. The molecule has 1 aromatic heterocycles. The van der Waals surface area contributed by atoms with Gasteiger partial charge in [-0.15, -0.1) is 0 Å². The first-order chi connectivity index (χ1) is 16.7. The number of rotatable bonds is 5. The van der Waals surface area contributed by atoms with Crippen molar-refractivity contribution >= 4 is 23.2 Å². The highest BCUT2D eigenvalue weighted by Gasteiger charge is 2.30. The van der Waals surface area contributed by atoms with Gasteiger partial charge in [0.05, 0.1) is 24.0 Å². The predicted octanol–water partition coefficient (Wildman–Crippen LogP) is 6.10. The number of carbonyl (C=O) groups excluding carboxylic acids is 1. The lowest BCUT2D eigenvalue weighted by molar-refractivity contribution is -0.137. The van der Waals surface area contributed by atoms with Gasteiger partial charge in [0.15, 0.2) is 5.82 Å². The van der Waals surface area contributed by atoms with E-state index in [9.17, 15) is 18.0 Å². The second-order valence-corrected chi connectivity index (χ2v) is 7.71. The van der Waals surface area contributed by atoms with Crippen LogP contribution in [-0.2, 0) is 6.18 Å². The predicted molar refractivity (Wildman–Crippen MR) is 129 cm³/mol. The fraction of sp³-hybridized carbons (Fsp3) is 0.120. The van der Waals surface area contributed by atoms with Crippen molar-refractivity contribution in [2.75, 3.05) is 23.5 Å². The third-order valence-electron chi connectivity index (χ3n) is 5.25. The number of nitrogens with zero attached hydrogens (tertiary/aromatic N) is 2. The molecule has 4 N–H and O–H groups in total. The summed E-state index contributed by atoms with van der Waals surface area (Å²) in [6.07, 6.45) is -4.47. The zero-order valence-electron chi connectivity index (χ0n) is 18.9. The first-order valence-corrected chi connectivity index (χ1v) is 10.5. The number of nitrogen functional groups attached to an aromatic ring is 1. The average molecular weight is 481 g/mol. The molecule has 0 aliphatic carbocycles. The Morgan fingerprint density at radius 3 is 2.31 bits per heavy atom. The zero-order chi connectivity index (χ0) is 25.2. The molecule has 0 aliphatic rings.